The van der Waals surface area contributed by atoms with Gasteiger partial charge in [0, 0.05) is 38.0 Å². The fourth-order valence-corrected chi connectivity index (χ4v) is 2.03. The standard InChI is InChI=1S/C12H20N4O2/c1-12(2-6-18-7-3-12)15-11(17)10-8-16(5-4-13)9-14-10/h8-9H,2-7,13H2,1H3,(H,15,17). The van der Waals surface area contributed by atoms with Crippen LogP contribution in [-0.2, 0) is 11.3 Å². The first kappa shape index (κ1) is 13.0. The van der Waals surface area contributed by atoms with Gasteiger partial charge in [0.2, 0.25) is 0 Å². The van der Waals surface area contributed by atoms with Crippen molar-refractivity contribution in [1.29, 1.82) is 0 Å². The van der Waals surface area contributed by atoms with E-state index in [2.05, 4.69) is 10.3 Å². The molecule has 18 heavy (non-hydrogen) atoms. The molecular weight excluding hydrogens is 232 g/mol. The monoisotopic (exact) mass is 252 g/mol. The third-order valence-corrected chi connectivity index (χ3v) is 3.26. The molecule has 1 aliphatic heterocycles. The lowest BCUT2D eigenvalue weighted by Crippen LogP contribution is -2.49. The summed E-state index contributed by atoms with van der Waals surface area (Å²) in [5.74, 6) is -0.129. The van der Waals surface area contributed by atoms with E-state index < -0.39 is 0 Å². The minimum atomic E-state index is -0.188. The van der Waals surface area contributed by atoms with E-state index in [0.29, 0.717) is 32.0 Å². The fraction of sp³-hybridized carbons (Fsp3) is 0.667. The molecule has 0 aliphatic carbocycles. The van der Waals surface area contributed by atoms with Crippen molar-refractivity contribution in [2.45, 2.75) is 31.8 Å². The highest BCUT2D eigenvalue weighted by Gasteiger charge is 2.29. The van der Waals surface area contributed by atoms with Gasteiger partial charge in [-0.05, 0) is 19.8 Å². The van der Waals surface area contributed by atoms with Crippen LogP contribution in [0.2, 0.25) is 0 Å². The maximum atomic E-state index is 12.1. The van der Waals surface area contributed by atoms with Crippen molar-refractivity contribution in [2.24, 2.45) is 5.73 Å². The minimum Gasteiger partial charge on any atom is -0.381 e. The smallest absolute Gasteiger partial charge is 0.271 e. The van der Waals surface area contributed by atoms with Gasteiger partial charge in [-0.25, -0.2) is 4.98 Å². The van der Waals surface area contributed by atoms with Crippen LogP contribution in [0.1, 0.15) is 30.3 Å². The Kier molecular flexibility index (Phi) is 3.98. The summed E-state index contributed by atoms with van der Waals surface area (Å²) < 4.78 is 7.12. The van der Waals surface area contributed by atoms with Crippen molar-refractivity contribution in [2.75, 3.05) is 19.8 Å². The summed E-state index contributed by atoms with van der Waals surface area (Å²) in [5.41, 5.74) is 5.71. The predicted octanol–water partition coefficient (Wildman–Crippen LogP) is 0.141. The predicted molar refractivity (Wildman–Crippen MR) is 67.2 cm³/mol. The average molecular weight is 252 g/mol. The van der Waals surface area contributed by atoms with Gasteiger partial charge in [-0.15, -0.1) is 0 Å². The zero-order valence-corrected chi connectivity index (χ0v) is 10.7. The Labute approximate surface area is 107 Å². The normalized spacial score (nSPS) is 18.6. The van der Waals surface area contributed by atoms with Gasteiger partial charge in [-0.3, -0.25) is 4.79 Å². The molecule has 3 N–H and O–H groups in total. The lowest BCUT2D eigenvalue weighted by atomic mass is 9.92. The van der Waals surface area contributed by atoms with Gasteiger partial charge < -0.3 is 20.4 Å². The Morgan fingerprint density at radius 1 is 1.61 bits per heavy atom. The van der Waals surface area contributed by atoms with Crippen LogP contribution in [-0.4, -0.2) is 40.8 Å². The second kappa shape index (κ2) is 5.49. The number of carbonyl (C=O) groups excluding carboxylic acids is 1. The van der Waals surface area contributed by atoms with E-state index in [9.17, 15) is 4.79 Å². The maximum absolute atomic E-state index is 12.1. The molecule has 2 heterocycles. The Hall–Kier alpha value is -1.40. The van der Waals surface area contributed by atoms with Crippen molar-refractivity contribution in [3.8, 4) is 0 Å². The second-order valence-electron chi connectivity index (χ2n) is 4.91. The molecule has 1 saturated heterocycles. The molecule has 1 aromatic rings. The molecule has 0 aromatic carbocycles. The van der Waals surface area contributed by atoms with Gasteiger partial charge >= 0.3 is 0 Å². The van der Waals surface area contributed by atoms with Crippen LogP contribution in [0.4, 0.5) is 0 Å². The number of nitrogens with one attached hydrogen (secondary N) is 1. The number of nitrogens with two attached hydrogens (primary N) is 1. The van der Waals surface area contributed by atoms with Crippen LogP contribution < -0.4 is 11.1 Å². The van der Waals surface area contributed by atoms with Gasteiger partial charge in [0.15, 0.2) is 0 Å². The largest absolute Gasteiger partial charge is 0.381 e. The van der Waals surface area contributed by atoms with Crippen LogP contribution in [0.15, 0.2) is 12.5 Å². The number of ether oxygens (including phenoxy) is 1. The van der Waals surface area contributed by atoms with Crippen LogP contribution in [0.3, 0.4) is 0 Å². The van der Waals surface area contributed by atoms with Crippen molar-refractivity contribution in [3.63, 3.8) is 0 Å². The third kappa shape index (κ3) is 3.08. The van der Waals surface area contributed by atoms with Gasteiger partial charge in [-0.1, -0.05) is 0 Å². The molecule has 2 rings (SSSR count). The second-order valence-corrected chi connectivity index (χ2v) is 4.91. The number of hydrogen-bond acceptors (Lipinski definition) is 4. The molecule has 1 amide bonds. The fourth-order valence-electron chi connectivity index (χ4n) is 2.03. The summed E-state index contributed by atoms with van der Waals surface area (Å²) in [5, 5.41) is 3.04. The molecule has 0 saturated carbocycles. The van der Waals surface area contributed by atoms with Gasteiger partial charge in [0.1, 0.15) is 5.69 Å². The first-order chi connectivity index (χ1) is 8.63. The Morgan fingerprint density at radius 2 is 2.33 bits per heavy atom. The highest BCUT2D eigenvalue weighted by molar-refractivity contribution is 5.92. The Morgan fingerprint density at radius 3 is 3.00 bits per heavy atom. The SMILES string of the molecule is CC1(NC(=O)c2cn(CCN)cn2)CCOCC1. The molecule has 1 fully saturated rings. The van der Waals surface area contributed by atoms with Crippen molar-refractivity contribution >= 4 is 5.91 Å². The molecule has 0 radical (unpaired) electrons. The first-order valence-corrected chi connectivity index (χ1v) is 6.25. The molecule has 100 valence electrons. The molecule has 6 heteroatoms. The lowest BCUT2D eigenvalue weighted by Gasteiger charge is -2.34. The number of rotatable bonds is 4. The molecule has 0 atom stereocenters. The number of amides is 1. The van der Waals surface area contributed by atoms with E-state index in [1.165, 1.54) is 0 Å². The van der Waals surface area contributed by atoms with E-state index in [0.717, 1.165) is 12.8 Å². The average Bonchev–Trinajstić information content (AvgIpc) is 2.78. The third-order valence-electron chi connectivity index (χ3n) is 3.26. The first-order valence-electron chi connectivity index (χ1n) is 6.25. The summed E-state index contributed by atoms with van der Waals surface area (Å²) in [6, 6.07) is 0. The van der Waals surface area contributed by atoms with Crippen LogP contribution in [0.5, 0.6) is 0 Å². The van der Waals surface area contributed by atoms with Crippen molar-refractivity contribution in [3.05, 3.63) is 18.2 Å². The lowest BCUT2D eigenvalue weighted by molar-refractivity contribution is 0.0421. The van der Waals surface area contributed by atoms with Crippen LogP contribution in [0, 0.1) is 0 Å². The summed E-state index contributed by atoms with van der Waals surface area (Å²) in [6.07, 6.45) is 5.03. The molecular formula is C12H20N4O2. The number of aromatic nitrogens is 2. The van der Waals surface area contributed by atoms with Crippen LogP contribution >= 0.6 is 0 Å². The Bertz CT molecular complexity index is 410. The van der Waals surface area contributed by atoms with Crippen LogP contribution in [0.25, 0.3) is 0 Å². The van der Waals surface area contributed by atoms with Gasteiger partial charge in [0.05, 0.1) is 6.33 Å². The summed E-state index contributed by atoms with van der Waals surface area (Å²) >= 11 is 0. The highest BCUT2D eigenvalue weighted by Crippen LogP contribution is 2.20. The zero-order chi connectivity index (χ0) is 13.0. The molecule has 0 unspecified atom stereocenters. The summed E-state index contributed by atoms with van der Waals surface area (Å²) in [7, 11) is 0. The number of carbonyl (C=O) groups is 1. The molecule has 1 aromatic heterocycles. The molecule has 1 aliphatic rings. The molecule has 0 bridgehead atoms. The van der Waals surface area contributed by atoms with E-state index in [1.807, 2.05) is 11.5 Å². The zero-order valence-electron chi connectivity index (χ0n) is 10.7. The Balaban J connectivity index is 1.97. The van der Waals surface area contributed by atoms with E-state index >= 15 is 0 Å². The molecule has 0 spiro atoms. The summed E-state index contributed by atoms with van der Waals surface area (Å²) in [4.78, 5) is 16.2. The van der Waals surface area contributed by atoms with Crippen molar-refractivity contribution < 1.29 is 9.53 Å². The number of nitrogens with zero attached hydrogens (tertiary/aromatic N) is 2. The quantitative estimate of drug-likeness (QED) is 0.798. The molecule has 6 nitrogen and oxygen atoms in total. The van der Waals surface area contributed by atoms with E-state index in [4.69, 9.17) is 10.5 Å². The summed E-state index contributed by atoms with van der Waals surface area (Å²) in [6.45, 7) is 4.64. The van der Waals surface area contributed by atoms with Crippen molar-refractivity contribution in [1.82, 2.24) is 14.9 Å². The minimum absolute atomic E-state index is 0.129. The van der Waals surface area contributed by atoms with Gasteiger partial charge in [-0.2, -0.15) is 0 Å². The maximum Gasteiger partial charge on any atom is 0.271 e. The van der Waals surface area contributed by atoms with E-state index in [1.54, 1.807) is 12.5 Å². The number of imidazole rings is 1. The number of hydrogen-bond donors (Lipinski definition) is 2. The van der Waals surface area contributed by atoms with Gasteiger partial charge in [0.25, 0.3) is 5.91 Å². The highest BCUT2D eigenvalue weighted by atomic mass is 16.5. The topological polar surface area (TPSA) is 82.2 Å². The van der Waals surface area contributed by atoms with E-state index in [-0.39, 0.29) is 11.4 Å².